The summed E-state index contributed by atoms with van der Waals surface area (Å²) >= 11 is 0. The first kappa shape index (κ1) is 18.3. The Balaban J connectivity index is 1.76. The van der Waals surface area contributed by atoms with Gasteiger partial charge >= 0.3 is 6.09 Å². The van der Waals surface area contributed by atoms with Crippen molar-refractivity contribution in [2.24, 2.45) is 0 Å². The third-order valence-corrected chi connectivity index (χ3v) is 3.96. The molecule has 1 aromatic rings. The van der Waals surface area contributed by atoms with Crippen LogP contribution in [-0.4, -0.2) is 29.6 Å². The number of ketones is 1. The Morgan fingerprint density at radius 2 is 1.62 bits per heavy atom. The fourth-order valence-electron chi connectivity index (χ4n) is 2.76. The van der Waals surface area contributed by atoms with Crippen molar-refractivity contribution in [1.82, 2.24) is 5.32 Å². The molecule has 1 amide bonds. The molecule has 5 nitrogen and oxygen atoms in total. The van der Waals surface area contributed by atoms with Crippen LogP contribution in [0.4, 0.5) is 4.79 Å². The molecule has 1 saturated carbocycles. The van der Waals surface area contributed by atoms with Crippen LogP contribution in [0.5, 0.6) is 5.75 Å². The summed E-state index contributed by atoms with van der Waals surface area (Å²) in [5, 5.41) is 2.93. The second-order valence-corrected chi connectivity index (χ2v) is 7.32. The molecule has 0 unspecified atom stereocenters. The van der Waals surface area contributed by atoms with Crippen molar-refractivity contribution in [2.75, 3.05) is 0 Å². The Bertz CT molecular complexity index is 566. The predicted molar refractivity (Wildman–Crippen MR) is 92.5 cm³/mol. The Kier molecular flexibility index (Phi) is 5.86. The van der Waals surface area contributed by atoms with Crippen LogP contribution in [0.2, 0.25) is 0 Å². The van der Waals surface area contributed by atoms with Crippen LogP contribution in [0.15, 0.2) is 24.3 Å². The van der Waals surface area contributed by atoms with Crippen LogP contribution in [0.1, 0.15) is 63.7 Å². The third kappa shape index (κ3) is 5.87. The van der Waals surface area contributed by atoms with Crippen molar-refractivity contribution >= 4 is 11.9 Å². The number of hydrogen-bond donors (Lipinski definition) is 1. The van der Waals surface area contributed by atoms with Gasteiger partial charge in [0, 0.05) is 11.6 Å². The molecule has 5 heteroatoms. The van der Waals surface area contributed by atoms with Gasteiger partial charge in [-0.15, -0.1) is 0 Å². The van der Waals surface area contributed by atoms with Crippen LogP contribution in [0.25, 0.3) is 0 Å². The largest absolute Gasteiger partial charge is 0.490 e. The minimum Gasteiger partial charge on any atom is -0.490 e. The first-order valence-corrected chi connectivity index (χ1v) is 8.50. The van der Waals surface area contributed by atoms with Crippen LogP contribution in [0.3, 0.4) is 0 Å². The number of rotatable bonds is 4. The molecule has 1 aromatic carbocycles. The number of ether oxygens (including phenoxy) is 2. The maximum absolute atomic E-state index is 11.8. The van der Waals surface area contributed by atoms with Crippen molar-refractivity contribution in [3.63, 3.8) is 0 Å². The van der Waals surface area contributed by atoms with E-state index < -0.39 is 5.60 Å². The molecule has 0 saturated heterocycles. The molecule has 0 spiro atoms. The smallest absolute Gasteiger partial charge is 0.407 e. The van der Waals surface area contributed by atoms with E-state index in [0.29, 0.717) is 5.56 Å². The van der Waals surface area contributed by atoms with E-state index in [-0.39, 0.29) is 24.0 Å². The van der Waals surface area contributed by atoms with Gasteiger partial charge in [-0.1, -0.05) is 0 Å². The van der Waals surface area contributed by atoms with Gasteiger partial charge in [-0.2, -0.15) is 0 Å². The van der Waals surface area contributed by atoms with Crippen molar-refractivity contribution in [3.05, 3.63) is 29.8 Å². The highest BCUT2D eigenvalue weighted by Crippen LogP contribution is 2.24. The number of nitrogens with one attached hydrogen (secondary N) is 1. The summed E-state index contributed by atoms with van der Waals surface area (Å²) in [7, 11) is 0. The average Bonchev–Trinajstić information content (AvgIpc) is 2.48. The van der Waals surface area contributed by atoms with Gasteiger partial charge in [-0.05, 0) is 77.6 Å². The number of carbonyl (C=O) groups excluding carboxylic acids is 2. The zero-order chi connectivity index (χ0) is 17.7. The highest BCUT2D eigenvalue weighted by atomic mass is 16.6. The molecule has 1 aliphatic carbocycles. The van der Waals surface area contributed by atoms with Crippen LogP contribution in [-0.2, 0) is 4.74 Å². The lowest BCUT2D eigenvalue weighted by Crippen LogP contribution is -2.42. The first-order chi connectivity index (χ1) is 11.2. The Labute approximate surface area is 143 Å². The van der Waals surface area contributed by atoms with Gasteiger partial charge in [0.25, 0.3) is 0 Å². The van der Waals surface area contributed by atoms with E-state index >= 15 is 0 Å². The molecule has 132 valence electrons. The number of carbonyl (C=O) groups is 2. The zero-order valence-corrected chi connectivity index (χ0v) is 14.9. The molecule has 0 heterocycles. The van der Waals surface area contributed by atoms with Crippen molar-refractivity contribution < 1.29 is 19.1 Å². The van der Waals surface area contributed by atoms with E-state index in [4.69, 9.17) is 9.47 Å². The minimum absolute atomic E-state index is 0.0512. The Morgan fingerprint density at radius 1 is 1.04 bits per heavy atom. The van der Waals surface area contributed by atoms with Gasteiger partial charge in [0.15, 0.2) is 5.78 Å². The van der Waals surface area contributed by atoms with E-state index in [9.17, 15) is 9.59 Å². The molecule has 0 aromatic heterocycles. The zero-order valence-electron chi connectivity index (χ0n) is 14.9. The average molecular weight is 333 g/mol. The Morgan fingerprint density at radius 3 is 2.12 bits per heavy atom. The quantitative estimate of drug-likeness (QED) is 0.842. The molecule has 24 heavy (non-hydrogen) atoms. The number of Topliss-reactive ketones (excluding diaryl/α,β-unsaturated/α-hetero) is 1. The van der Waals surface area contributed by atoms with Crippen LogP contribution in [0, 0.1) is 0 Å². The number of benzene rings is 1. The molecule has 0 aliphatic heterocycles. The predicted octanol–water partition coefficient (Wildman–Crippen LogP) is 4.10. The molecular weight excluding hydrogens is 306 g/mol. The lowest BCUT2D eigenvalue weighted by atomic mass is 9.93. The van der Waals surface area contributed by atoms with E-state index in [2.05, 4.69) is 5.32 Å². The monoisotopic (exact) mass is 333 g/mol. The highest BCUT2D eigenvalue weighted by Gasteiger charge is 2.25. The molecule has 1 fully saturated rings. The second-order valence-electron chi connectivity index (χ2n) is 7.32. The molecule has 0 atom stereocenters. The van der Waals surface area contributed by atoms with E-state index in [0.717, 1.165) is 31.4 Å². The topological polar surface area (TPSA) is 64.6 Å². The minimum atomic E-state index is -0.476. The summed E-state index contributed by atoms with van der Waals surface area (Å²) in [5.41, 5.74) is 0.212. The number of amides is 1. The van der Waals surface area contributed by atoms with E-state index in [1.165, 1.54) is 0 Å². The van der Waals surface area contributed by atoms with Crippen LogP contribution >= 0.6 is 0 Å². The number of alkyl carbamates (subject to hydrolysis) is 1. The Hall–Kier alpha value is -2.04. The normalized spacial score (nSPS) is 21.0. The summed E-state index contributed by atoms with van der Waals surface area (Å²) in [6, 6.07) is 7.38. The van der Waals surface area contributed by atoms with Crippen molar-refractivity contribution in [2.45, 2.75) is 71.1 Å². The lowest BCUT2D eigenvalue weighted by Gasteiger charge is -2.30. The fraction of sp³-hybridized carbons (Fsp3) is 0.579. The summed E-state index contributed by atoms with van der Waals surface area (Å²) < 4.78 is 11.3. The molecular formula is C19H27NO4. The highest BCUT2D eigenvalue weighted by molar-refractivity contribution is 5.94. The molecule has 1 N–H and O–H groups in total. The summed E-state index contributed by atoms with van der Waals surface area (Å²) in [4.78, 5) is 23.1. The molecule has 0 bridgehead atoms. The standard InChI is InChI=1S/C19H27NO4/c1-13(21)14-5-9-16(10-6-14)23-17-11-7-15(8-12-17)20-18(22)24-19(2,3)4/h5-6,9-10,15,17H,7-8,11-12H2,1-4H3,(H,20,22). The molecule has 2 rings (SSSR count). The summed E-state index contributed by atoms with van der Waals surface area (Å²) in [6.07, 6.45) is 3.30. The maximum atomic E-state index is 11.8. The van der Waals surface area contributed by atoms with Gasteiger partial charge in [0.1, 0.15) is 11.4 Å². The second kappa shape index (κ2) is 7.69. The molecule has 1 aliphatic rings. The SMILES string of the molecule is CC(=O)c1ccc(OC2CCC(NC(=O)OC(C)(C)C)CC2)cc1. The van der Waals surface area contributed by atoms with E-state index in [1.54, 1.807) is 19.1 Å². The van der Waals surface area contributed by atoms with Gasteiger partial charge in [0.2, 0.25) is 0 Å². The maximum Gasteiger partial charge on any atom is 0.407 e. The van der Waals surface area contributed by atoms with Crippen molar-refractivity contribution in [3.8, 4) is 5.75 Å². The summed E-state index contributed by atoms with van der Waals surface area (Å²) in [6.45, 7) is 7.12. The third-order valence-electron chi connectivity index (χ3n) is 3.96. The van der Waals surface area contributed by atoms with Gasteiger partial charge in [0.05, 0.1) is 6.10 Å². The fourth-order valence-corrected chi connectivity index (χ4v) is 2.76. The summed E-state index contributed by atoms with van der Waals surface area (Å²) in [5.74, 6) is 0.832. The lowest BCUT2D eigenvalue weighted by molar-refractivity contribution is 0.0470. The van der Waals surface area contributed by atoms with Crippen LogP contribution < -0.4 is 10.1 Å². The van der Waals surface area contributed by atoms with E-state index in [1.807, 2.05) is 32.9 Å². The molecule has 0 radical (unpaired) electrons. The van der Waals surface area contributed by atoms with Gasteiger partial charge in [-0.3, -0.25) is 4.79 Å². The van der Waals surface area contributed by atoms with Gasteiger partial charge < -0.3 is 14.8 Å². The van der Waals surface area contributed by atoms with Crippen molar-refractivity contribution in [1.29, 1.82) is 0 Å². The van der Waals surface area contributed by atoms with Gasteiger partial charge in [-0.25, -0.2) is 4.79 Å². The number of hydrogen-bond acceptors (Lipinski definition) is 4. The first-order valence-electron chi connectivity index (χ1n) is 8.50.